The van der Waals surface area contributed by atoms with E-state index in [1.165, 1.54) is 4.57 Å². The number of nitrogens with zero attached hydrogens (tertiary/aromatic N) is 2. The van der Waals surface area contributed by atoms with E-state index in [0.717, 1.165) is 19.3 Å². The maximum absolute atomic E-state index is 11.6. The summed E-state index contributed by atoms with van der Waals surface area (Å²) in [5.41, 5.74) is 0.726. The number of aromatic nitrogens is 2. The minimum atomic E-state index is -0.598. The Labute approximate surface area is 110 Å². The fourth-order valence-corrected chi connectivity index (χ4v) is 1.75. The summed E-state index contributed by atoms with van der Waals surface area (Å²) in [5, 5.41) is 0. The Balaban J connectivity index is 2.03. The van der Waals surface area contributed by atoms with Gasteiger partial charge in [-0.15, -0.1) is 0 Å². The van der Waals surface area contributed by atoms with Gasteiger partial charge in [0.2, 0.25) is 0 Å². The van der Waals surface area contributed by atoms with E-state index < -0.39 is 11.7 Å². The molecule has 0 spiro atoms. The third-order valence-corrected chi connectivity index (χ3v) is 2.72. The van der Waals surface area contributed by atoms with E-state index in [-0.39, 0.29) is 6.54 Å². The summed E-state index contributed by atoms with van der Waals surface area (Å²) in [4.78, 5) is 27.2. The van der Waals surface area contributed by atoms with Crippen molar-refractivity contribution in [1.29, 1.82) is 0 Å². The summed E-state index contributed by atoms with van der Waals surface area (Å²) in [6, 6.07) is 3.30. The molecule has 0 unspecified atom stereocenters. The summed E-state index contributed by atoms with van der Waals surface area (Å²) < 4.78 is 11.2. The molecule has 6 nitrogen and oxygen atoms in total. The van der Waals surface area contributed by atoms with Crippen molar-refractivity contribution < 1.29 is 13.9 Å². The molecule has 19 heavy (non-hydrogen) atoms. The van der Waals surface area contributed by atoms with Gasteiger partial charge in [0.25, 0.3) is 0 Å². The molecule has 0 fully saturated rings. The number of hydrogen-bond acceptors (Lipinski definition) is 5. The van der Waals surface area contributed by atoms with Crippen molar-refractivity contribution >= 4 is 17.2 Å². The molecule has 0 aliphatic carbocycles. The van der Waals surface area contributed by atoms with Gasteiger partial charge in [0.1, 0.15) is 6.54 Å². The predicted molar refractivity (Wildman–Crippen MR) is 68.8 cm³/mol. The van der Waals surface area contributed by atoms with Crippen LogP contribution in [0.1, 0.15) is 26.2 Å². The van der Waals surface area contributed by atoms with Crippen molar-refractivity contribution in [3.05, 3.63) is 28.9 Å². The van der Waals surface area contributed by atoms with E-state index in [9.17, 15) is 9.59 Å². The number of hydrogen-bond donors (Lipinski definition) is 0. The lowest BCUT2D eigenvalue weighted by molar-refractivity contribution is -0.144. The van der Waals surface area contributed by atoms with E-state index in [2.05, 4.69) is 11.9 Å². The number of pyridine rings is 1. The molecular weight excluding hydrogens is 248 g/mol. The highest BCUT2D eigenvalue weighted by Gasteiger charge is 2.13. The van der Waals surface area contributed by atoms with Gasteiger partial charge in [0.05, 0.1) is 6.61 Å². The quantitative estimate of drug-likeness (QED) is 0.586. The Kier molecular flexibility index (Phi) is 4.33. The Morgan fingerprint density at radius 1 is 1.47 bits per heavy atom. The highest BCUT2D eigenvalue weighted by Crippen LogP contribution is 2.08. The molecule has 0 aromatic carbocycles. The van der Waals surface area contributed by atoms with Crippen LogP contribution in [0.15, 0.2) is 27.5 Å². The first kappa shape index (κ1) is 13.3. The predicted octanol–water partition coefficient (Wildman–Crippen LogP) is 1.72. The van der Waals surface area contributed by atoms with Crippen LogP contribution >= 0.6 is 0 Å². The van der Waals surface area contributed by atoms with Crippen molar-refractivity contribution in [1.82, 2.24) is 9.55 Å². The zero-order valence-corrected chi connectivity index (χ0v) is 10.8. The molecule has 0 saturated carbocycles. The van der Waals surface area contributed by atoms with Crippen LogP contribution in [0.2, 0.25) is 0 Å². The molecular formula is C13H16N2O4. The van der Waals surface area contributed by atoms with Gasteiger partial charge in [-0.25, -0.2) is 14.3 Å². The van der Waals surface area contributed by atoms with Crippen LogP contribution in [-0.2, 0) is 16.1 Å². The zero-order valence-electron chi connectivity index (χ0n) is 10.8. The highest BCUT2D eigenvalue weighted by molar-refractivity contribution is 5.73. The van der Waals surface area contributed by atoms with Crippen molar-refractivity contribution in [2.24, 2.45) is 0 Å². The first-order valence-electron chi connectivity index (χ1n) is 6.32. The monoisotopic (exact) mass is 264 g/mol. The first-order valence-corrected chi connectivity index (χ1v) is 6.32. The molecule has 0 aliphatic heterocycles. The smallest absolute Gasteiger partial charge is 0.421 e. The minimum absolute atomic E-state index is 0.172. The Bertz CT molecular complexity index is 614. The van der Waals surface area contributed by atoms with Gasteiger partial charge >= 0.3 is 11.7 Å². The molecule has 2 aromatic heterocycles. The van der Waals surface area contributed by atoms with Crippen molar-refractivity contribution in [3.63, 3.8) is 0 Å². The fraction of sp³-hybridized carbons (Fsp3) is 0.462. The zero-order chi connectivity index (χ0) is 13.7. The third-order valence-electron chi connectivity index (χ3n) is 2.72. The van der Waals surface area contributed by atoms with E-state index in [1.807, 2.05) is 0 Å². The summed E-state index contributed by atoms with van der Waals surface area (Å²) in [7, 11) is 0. The Hall–Kier alpha value is -2.11. The van der Waals surface area contributed by atoms with Crippen molar-refractivity contribution in [3.8, 4) is 0 Å². The average Bonchev–Trinajstić information content (AvgIpc) is 2.72. The maximum Gasteiger partial charge on any atom is 0.421 e. The maximum atomic E-state index is 11.6. The fourth-order valence-electron chi connectivity index (χ4n) is 1.75. The number of oxazole rings is 1. The van der Waals surface area contributed by atoms with Gasteiger partial charge in [-0.1, -0.05) is 19.8 Å². The minimum Gasteiger partial charge on any atom is -0.464 e. The van der Waals surface area contributed by atoms with Crippen LogP contribution in [0.4, 0.5) is 0 Å². The van der Waals surface area contributed by atoms with Crippen LogP contribution in [0.5, 0.6) is 0 Å². The van der Waals surface area contributed by atoms with Crippen molar-refractivity contribution in [2.75, 3.05) is 6.61 Å². The number of esters is 1. The molecule has 0 amide bonds. The number of carbonyl (C=O) groups is 1. The van der Waals surface area contributed by atoms with Crippen LogP contribution in [0, 0.1) is 0 Å². The molecule has 0 radical (unpaired) electrons. The summed E-state index contributed by atoms with van der Waals surface area (Å²) in [6.45, 7) is 2.28. The Morgan fingerprint density at radius 3 is 3.11 bits per heavy atom. The molecule has 0 atom stereocenters. The number of carbonyl (C=O) groups excluding carboxylic acids is 1. The molecule has 2 aromatic rings. The second-order valence-corrected chi connectivity index (χ2v) is 4.21. The highest BCUT2D eigenvalue weighted by atomic mass is 16.5. The van der Waals surface area contributed by atoms with Gasteiger partial charge in [0.15, 0.2) is 11.2 Å². The topological polar surface area (TPSA) is 74.3 Å². The third kappa shape index (κ3) is 3.21. The lowest BCUT2D eigenvalue weighted by Crippen LogP contribution is -2.22. The summed E-state index contributed by atoms with van der Waals surface area (Å²) >= 11 is 0. The molecule has 102 valence electrons. The second-order valence-electron chi connectivity index (χ2n) is 4.21. The van der Waals surface area contributed by atoms with E-state index in [4.69, 9.17) is 9.15 Å². The second kappa shape index (κ2) is 6.17. The molecule has 2 heterocycles. The first-order chi connectivity index (χ1) is 9.22. The average molecular weight is 264 g/mol. The Morgan fingerprint density at radius 2 is 2.32 bits per heavy atom. The normalized spacial score (nSPS) is 10.8. The number of fused-ring (bicyclic) bond motifs is 1. The van der Waals surface area contributed by atoms with E-state index in [0.29, 0.717) is 17.8 Å². The van der Waals surface area contributed by atoms with E-state index >= 15 is 0 Å². The largest absolute Gasteiger partial charge is 0.464 e. The van der Waals surface area contributed by atoms with Crippen LogP contribution in [0.3, 0.4) is 0 Å². The van der Waals surface area contributed by atoms with Gasteiger partial charge < -0.3 is 9.15 Å². The number of ether oxygens (including phenoxy) is 1. The van der Waals surface area contributed by atoms with E-state index in [1.54, 1.807) is 18.3 Å². The molecule has 0 bridgehead atoms. The number of unbranched alkanes of at least 4 members (excludes halogenated alkanes) is 2. The molecule has 0 aliphatic rings. The molecule has 2 rings (SSSR count). The lowest BCUT2D eigenvalue weighted by atomic mass is 10.3. The van der Waals surface area contributed by atoms with Crippen LogP contribution in [0.25, 0.3) is 11.2 Å². The van der Waals surface area contributed by atoms with Crippen LogP contribution < -0.4 is 5.76 Å². The molecule has 0 N–H and O–H groups in total. The van der Waals surface area contributed by atoms with Gasteiger partial charge in [-0.3, -0.25) is 4.79 Å². The summed E-state index contributed by atoms with van der Waals surface area (Å²) in [6.07, 6.45) is 4.46. The standard InChI is InChI=1S/C13H16N2O4/c1-2-3-4-8-18-11(16)9-15-12-10(19-13(15)17)6-5-7-14-12/h5-7H,2-4,8-9H2,1H3. The molecule has 0 saturated heterocycles. The van der Waals surface area contributed by atoms with Gasteiger partial charge in [-0.2, -0.15) is 0 Å². The lowest BCUT2D eigenvalue weighted by Gasteiger charge is -2.04. The van der Waals surface area contributed by atoms with Crippen molar-refractivity contribution in [2.45, 2.75) is 32.7 Å². The summed E-state index contributed by atoms with van der Waals surface area (Å²) in [5.74, 6) is -1.05. The SMILES string of the molecule is CCCCCOC(=O)Cn1c(=O)oc2cccnc21. The van der Waals surface area contributed by atoms with Gasteiger partial charge in [-0.05, 0) is 18.6 Å². The van der Waals surface area contributed by atoms with Crippen LogP contribution in [-0.4, -0.2) is 22.1 Å². The number of rotatable bonds is 6. The molecule has 6 heteroatoms. The van der Waals surface area contributed by atoms with Gasteiger partial charge in [0, 0.05) is 6.20 Å².